The van der Waals surface area contributed by atoms with E-state index in [1.54, 1.807) is 0 Å². The second kappa shape index (κ2) is 7.53. The lowest BCUT2D eigenvalue weighted by Crippen LogP contribution is -2.45. The van der Waals surface area contributed by atoms with E-state index in [0.717, 1.165) is 38.6 Å². The summed E-state index contributed by atoms with van der Waals surface area (Å²) in [6.45, 7) is 9.62. The summed E-state index contributed by atoms with van der Waals surface area (Å²) in [6, 6.07) is 0.0446. The third kappa shape index (κ3) is 3.88. The van der Waals surface area contributed by atoms with Crippen LogP contribution in [0, 0.1) is 0 Å². The molecule has 0 aromatic rings. The minimum absolute atomic E-state index is 0.0446. The summed E-state index contributed by atoms with van der Waals surface area (Å²) in [5.74, 6) is 0.307. The molecule has 1 rings (SSSR count). The van der Waals surface area contributed by atoms with Crippen molar-refractivity contribution in [2.24, 2.45) is 0 Å². The fourth-order valence-electron chi connectivity index (χ4n) is 2.81. The predicted octanol–water partition coefficient (Wildman–Crippen LogP) is 3.24. The smallest absolute Gasteiger partial charge is 0.241 e. The van der Waals surface area contributed by atoms with E-state index in [0.29, 0.717) is 5.91 Å². The van der Waals surface area contributed by atoms with Gasteiger partial charge in [0.25, 0.3) is 0 Å². The number of rotatable bonds is 8. The lowest BCUT2D eigenvalue weighted by molar-refractivity contribution is -0.130. The molecule has 4 heteroatoms. The number of nitrogens with zero attached hydrogens (tertiary/aromatic N) is 1. The van der Waals surface area contributed by atoms with E-state index in [2.05, 4.69) is 44.2 Å². The summed E-state index contributed by atoms with van der Waals surface area (Å²) in [4.78, 5) is 14.6. The Morgan fingerprint density at radius 2 is 1.95 bits per heavy atom. The summed E-state index contributed by atoms with van der Waals surface area (Å²) < 4.78 is 0.214. The maximum atomic E-state index is 12.5. The molecule has 0 radical (unpaired) electrons. The van der Waals surface area contributed by atoms with Gasteiger partial charge < -0.3 is 4.90 Å². The summed E-state index contributed by atoms with van der Waals surface area (Å²) >= 11 is 1.91. The normalized spacial score (nSPS) is 24.3. The largest absolute Gasteiger partial charge is 0.325 e. The van der Waals surface area contributed by atoms with Gasteiger partial charge in [-0.25, -0.2) is 0 Å². The summed E-state index contributed by atoms with van der Waals surface area (Å²) in [7, 11) is 0. The SMILES string of the molecule is CCCCC1NC(C)N(CC(CC)(CC)SC)C1=O. The van der Waals surface area contributed by atoms with Crippen LogP contribution in [0.25, 0.3) is 0 Å². The second-order valence-electron chi connectivity index (χ2n) is 5.60. The topological polar surface area (TPSA) is 32.3 Å². The number of amides is 1. The molecule has 0 saturated carbocycles. The average Bonchev–Trinajstić information content (AvgIpc) is 2.69. The Kier molecular flexibility index (Phi) is 6.67. The van der Waals surface area contributed by atoms with Crippen molar-refractivity contribution in [2.45, 2.75) is 76.8 Å². The van der Waals surface area contributed by atoms with Crippen LogP contribution in [-0.4, -0.2) is 40.6 Å². The first-order chi connectivity index (χ1) is 9.03. The Morgan fingerprint density at radius 1 is 1.32 bits per heavy atom. The maximum Gasteiger partial charge on any atom is 0.241 e. The van der Waals surface area contributed by atoms with E-state index in [1.165, 1.54) is 0 Å². The number of carbonyl (C=O) groups excluding carboxylic acids is 1. The van der Waals surface area contributed by atoms with Gasteiger partial charge in [0.1, 0.15) is 0 Å². The number of nitrogens with one attached hydrogen (secondary N) is 1. The fourth-order valence-corrected chi connectivity index (χ4v) is 3.66. The van der Waals surface area contributed by atoms with Crippen molar-refractivity contribution in [1.82, 2.24) is 10.2 Å². The highest BCUT2D eigenvalue weighted by Crippen LogP contribution is 2.33. The first-order valence-electron chi connectivity index (χ1n) is 7.65. The van der Waals surface area contributed by atoms with E-state index in [4.69, 9.17) is 0 Å². The molecule has 0 aliphatic carbocycles. The minimum Gasteiger partial charge on any atom is -0.325 e. The molecule has 1 saturated heterocycles. The summed E-state index contributed by atoms with van der Waals surface area (Å²) in [5, 5.41) is 3.45. The molecule has 0 bridgehead atoms. The van der Waals surface area contributed by atoms with Crippen LogP contribution in [0.15, 0.2) is 0 Å². The summed E-state index contributed by atoms with van der Waals surface area (Å²) in [5.41, 5.74) is 0. The fraction of sp³-hybridized carbons (Fsp3) is 0.933. The molecule has 2 unspecified atom stereocenters. The molecule has 2 atom stereocenters. The van der Waals surface area contributed by atoms with Crippen LogP contribution >= 0.6 is 11.8 Å². The molecule has 1 aliphatic rings. The van der Waals surface area contributed by atoms with E-state index < -0.39 is 0 Å². The predicted molar refractivity (Wildman–Crippen MR) is 84.5 cm³/mol. The lowest BCUT2D eigenvalue weighted by atomic mass is 10.0. The molecule has 0 aromatic carbocycles. The molecular weight excluding hydrogens is 256 g/mol. The van der Waals surface area contributed by atoms with Crippen molar-refractivity contribution >= 4 is 17.7 Å². The van der Waals surface area contributed by atoms with Gasteiger partial charge in [0.05, 0.1) is 12.2 Å². The molecule has 1 heterocycles. The van der Waals surface area contributed by atoms with Gasteiger partial charge in [-0.1, -0.05) is 33.6 Å². The van der Waals surface area contributed by atoms with Crippen molar-refractivity contribution in [3.63, 3.8) is 0 Å². The minimum atomic E-state index is 0.0446. The number of hydrogen-bond acceptors (Lipinski definition) is 3. The van der Waals surface area contributed by atoms with E-state index in [9.17, 15) is 4.79 Å². The van der Waals surface area contributed by atoms with Crippen LogP contribution in [0.4, 0.5) is 0 Å². The van der Waals surface area contributed by atoms with Crippen LogP contribution in [0.2, 0.25) is 0 Å². The van der Waals surface area contributed by atoms with Crippen molar-refractivity contribution in [3.8, 4) is 0 Å². The van der Waals surface area contributed by atoms with Gasteiger partial charge in [-0.15, -0.1) is 0 Å². The van der Waals surface area contributed by atoms with E-state index >= 15 is 0 Å². The molecule has 1 N–H and O–H groups in total. The van der Waals surface area contributed by atoms with Gasteiger partial charge >= 0.3 is 0 Å². The van der Waals surface area contributed by atoms with Gasteiger partial charge in [0.2, 0.25) is 5.91 Å². The van der Waals surface area contributed by atoms with E-state index in [-0.39, 0.29) is 17.0 Å². The quantitative estimate of drug-likeness (QED) is 0.743. The molecule has 19 heavy (non-hydrogen) atoms. The Labute approximate surface area is 122 Å². The first kappa shape index (κ1) is 16.8. The standard InChI is InChI=1S/C15H30N2OS/c1-6-9-10-13-14(18)17(12(4)16-13)11-15(7-2,8-3)19-5/h12-13,16H,6-11H2,1-5H3. The van der Waals surface area contributed by atoms with Crippen LogP contribution in [0.3, 0.4) is 0 Å². The number of hydrogen-bond donors (Lipinski definition) is 1. The Balaban J connectivity index is 2.70. The number of unbranched alkanes of at least 4 members (excludes halogenated alkanes) is 1. The zero-order valence-corrected chi connectivity index (χ0v) is 14.0. The zero-order valence-electron chi connectivity index (χ0n) is 13.2. The Hall–Kier alpha value is -0.220. The highest BCUT2D eigenvalue weighted by atomic mass is 32.2. The van der Waals surface area contributed by atoms with Gasteiger partial charge in [0.15, 0.2) is 0 Å². The van der Waals surface area contributed by atoms with Gasteiger partial charge in [-0.05, 0) is 32.4 Å². The lowest BCUT2D eigenvalue weighted by Gasteiger charge is -2.35. The van der Waals surface area contributed by atoms with Gasteiger partial charge in [-0.3, -0.25) is 10.1 Å². The molecule has 1 amide bonds. The monoisotopic (exact) mass is 286 g/mol. The highest BCUT2D eigenvalue weighted by molar-refractivity contribution is 8.00. The second-order valence-corrected chi connectivity index (χ2v) is 6.87. The highest BCUT2D eigenvalue weighted by Gasteiger charge is 2.40. The van der Waals surface area contributed by atoms with Crippen molar-refractivity contribution in [1.29, 1.82) is 0 Å². The molecule has 0 aromatic heterocycles. The molecule has 112 valence electrons. The molecule has 3 nitrogen and oxygen atoms in total. The van der Waals surface area contributed by atoms with Crippen LogP contribution in [0.1, 0.15) is 59.8 Å². The zero-order chi connectivity index (χ0) is 14.5. The molecule has 1 aliphatic heterocycles. The first-order valence-corrected chi connectivity index (χ1v) is 8.87. The van der Waals surface area contributed by atoms with Crippen molar-refractivity contribution in [2.75, 3.05) is 12.8 Å². The Bertz CT molecular complexity index is 284. The van der Waals surface area contributed by atoms with Gasteiger partial charge in [-0.2, -0.15) is 11.8 Å². The third-order valence-corrected chi connectivity index (χ3v) is 6.09. The Morgan fingerprint density at radius 3 is 2.42 bits per heavy atom. The molecule has 1 fully saturated rings. The van der Waals surface area contributed by atoms with Crippen LogP contribution in [0.5, 0.6) is 0 Å². The summed E-state index contributed by atoms with van der Waals surface area (Å²) in [6.07, 6.45) is 7.82. The van der Waals surface area contributed by atoms with E-state index in [1.807, 2.05) is 11.8 Å². The van der Waals surface area contributed by atoms with Crippen molar-refractivity contribution in [3.05, 3.63) is 0 Å². The molecular formula is C15H30N2OS. The maximum absolute atomic E-state index is 12.5. The van der Waals surface area contributed by atoms with Crippen molar-refractivity contribution < 1.29 is 4.79 Å². The van der Waals surface area contributed by atoms with Gasteiger partial charge in [0, 0.05) is 11.3 Å². The number of thioether (sulfide) groups is 1. The number of carbonyl (C=O) groups is 1. The molecule has 0 spiro atoms. The average molecular weight is 286 g/mol. The van der Waals surface area contributed by atoms with Crippen LogP contribution < -0.4 is 5.32 Å². The third-order valence-electron chi connectivity index (χ3n) is 4.52. The van der Waals surface area contributed by atoms with Crippen LogP contribution in [-0.2, 0) is 4.79 Å².